The second kappa shape index (κ2) is 10.9. The number of benzene rings is 3. The van der Waals surface area contributed by atoms with Crippen molar-refractivity contribution in [2.45, 2.75) is 19.8 Å². The largest absolute Gasteiger partial charge is 0.462 e. The molecule has 9 nitrogen and oxygen atoms in total. The molecule has 0 atom stereocenters. The molecule has 5 rings (SSSR count). The lowest BCUT2D eigenvalue weighted by Gasteiger charge is -2.11. The molecule has 0 aliphatic heterocycles. The molecular weight excluding hydrogens is 511 g/mol. The summed E-state index contributed by atoms with van der Waals surface area (Å²) >= 11 is 1.34. The van der Waals surface area contributed by atoms with Crippen LogP contribution in [-0.4, -0.2) is 29.5 Å². The molecular formula is C27H23FN4O5S. The number of carbonyl (C=O) groups is 3. The first-order chi connectivity index (χ1) is 18.4. The molecule has 1 saturated carbocycles. The molecule has 194 valence electrons. The van der Waals surface area contributed by atoms with E-state index in [-0.39, 0.29) is 29.7 Å². The number of rotatable bonds is 8. The summed E-state index contributed by atoms with van der Waals surface area (Å²) in [5, 5.41) is 8.40. The standard InChI is InChI=1S/C27H23FN4O5S/c1-2-36-25(34)16-4-3-5-17(12-16)29-26(35)30-22-13-18(8-10-20(22)28)37-19-9-11-21-23(14-19)38-27(31-21)32-24(33)15-6-7-15/h3-5,8-15H,2,6-7H2,1H3,(H2,29,30,35)(H,31,32,33). The summed E-state index contributed by atoms with van der Waals surface area (Å²) in [6.45, 7) is 1.93. The Bertz CT molecular complexity index is 1540. The van der Waals surface area contributed by atoms with E-state index < -0.39 is 17.8 Å². The van der Waals surface area contributed by atoms with Crippen LogP contribution in [0, 0.1) is 11.7 Å². The van der Waals surface area contributed by atoms with Crippen LogP contribution >= 0.6 is 11.3 Å². The van der Waals surface area contributed by atoms with Gasteiger partial charge in [0.2, 0.25) is 5.91 Å². The van der Waals surface area contributed by atoms with Gasteiger partial charge in [-0.25, -0.2) is 19.0 Å². The van der Waals surface area contributed by atoms with E-state index >= 15 is 0 Å². The molecule has 3 N–H and O–H groups in total. The van der Waals surface area contributed by atoms with Gasteiger partial charge in [0.15, 0.2) is 5.13 Å². The van der Waals surface area contributed by atoms with Crippen molar-refractivity contribution < 1.29 is 28.2 Å². The molecule has 3 amide bonds. The maximum absolute atomic E-state index is 14.4. The van der Waals surface area contributed by atoms with Crippen LogP contribution in [0.25, 0.3) is 10.2 Å². The number of thiazole rings is 1. The predicted octanol–water partition coefficient (Wildman–Crippen LogP) is 6.40. The highest BCUT2D eigenvalue weighted by Gasteiger charge is 2.30. The van der Waals surface area contributed by atoms with Crippen molar-refractivity contribution in [2.24, 2.45) is 5.92 Å². The summed E-state index contributed by atoms with van der Waals surface area (Å²) < 4.78 is 26.1. The number of hydrogen-bond acceptors (Lipinski definition) is 7. The van der Waals surface area contributed by atoms with Gasteiger partial charge in [-0.15, -0.1) is 0 Å². The number of anilines is 3. The first kappa shape index (κ1) is 25.2. The number of ether oxygens (including phenoxy) is 2. The number of aromatic nitrogens is 1. The Morgan fingerprint density at radius 1 is 1.00 bits per heavy atom. The minimum absolute atomic E-state index is 0.0115. The van der Waals surface area contributed by atoms with Crippen LogP contribution in [0.3, 0.4) is 0 Å². The number of urea groups is 1. The Kier molecular flexibility index (Phi) is 7.18. The van der Waals surface area contributed by atoms with Crippen molar-refractivity contribution in [1.82, 2.24) is 4.98 Å². The molecule has 0 spiro atoms. The lowest BCUT2D eigenvalue weighted by molar-refractivity contribution is -0.117. The lowest BCUT2D eigenvalue weighted by atomic mass is 10.2. The third-order valence-electron chi connectivity index (χ3n) is 5.59. The molecule has 38 heavy (non-hydrogen) atoms. The number of halogens is 1. The van der Waals surface area contributed by atoms with Gasteiger partial charge >= 0.3 is 12.0 Å². The van der Waals surface area contributed by atoms with Gasteiger partial charge in [-0.2, -0.15) is 0 Å². The second-order valence-electron chi connectivity index (χ2n) is 8.54. The summed E-state index contributed by atoms with van der Waals surface area (Å²) in [5.74, 6) is -0.303. The normalized spacial score (nSPS) is 12.6. The van der Waals surface area contributed by atoms with E-state index in [1.54, 1.807) is 43.3 Å². The second-order valence-corrected chi connectivity index (χ2v) is 9.57. The molecule has 1 heterocycles. The van der Waals surface area contributed by atoms with Crippen LogP contribution in [0.2, 0.25) is 0 Å². The molecule has 1 aliphatic carbocycles. The van der Waals surface area contributed by atoms with Gasteiger partial charge in [-0.3, -0.25) is 4.79 Å². The lowest BCUT2D eigenvalue weighted by Crippen LogP contribution is -2.20. The maximum atomic E-state index is 14.4. The Hall–Kier alpha value is -4.51. The molecule has 11 heteroatoms. The minimum Gasteiger partial charge on any atom is -0.462 e. The number of carbonyl (C=O) groups excluding carboxylic acids is 3. The van der Waals surface area contributed by atoms with E-state index in [2.05, 4.69) is 20.9 Å². The average Bonchev–Trinajstić information content (AvgIpc) is 3.67. The summed E-state index contributed by atoms with van der Waals surface area (Å²) in [6, 6.07) is 14.8. The Morgan fingerprint density at radius 2 is 1.79 bits per heavy atom. The van der Waals surface area contributed by atoms with E-state index in [0.717, 1.165) is 23.1 Å². The number of esters is 1. The zero-order chi connectivity index (χ0) is 26.6. The van der Waals surface area contributed by atoms with Crippen molar-refractivity contribution >= 4 is 56.0 Å². The quantitative estimate of drug-likeness (QED) is 0.225. The van der Waals surface area contributed by atoms with Gasteiger partial charge < -0.3 is 25.4 Å². The Labute approximate surface area is 221 Å². The summed E-state index contributed by atoms with van der Waals surface area (Å²) in [5.41, 5.74) is 1.25. The van der Waals surface area contributed by atoms with E-state index in [4.69, 9.17) is 9.47 Å². The monoisotopic (exact) mass is 534 g/mol. The van der Waals surface area contributed by atoms with Crippen molar-refractivity contribution in [3.8, 4) is 11.5 Å². The van der Waals surface area contributed by atoms with Gasteiger partial charge in [0, 0.05) is 23.7 Å². The molecule has 1 aromatic heterocycles. The number of nitrogens with zero attached hydrogens (tertiary/aromatic N) is 1. The third-order valence-corrected chi connectivity index (χ3v) is 6.53. The summed E-state index contributed by atoms with van der Waals surface area (Å²) in [6.07, 6.45) is 1.82. The first-order valence-electron chi connectivity index (χ1n) is 11.9. The highest BCUT2D eigenvalue weighted by Crippen LogP contribution is 2.34. The van der Waals surface area contributed by atoms with Gasteiger partial charge in [-0.1, -0.05) is 17.4 Å². The van der Waals surface area contributed by atoms with Crippen molar-refractivity contribution in [3.63, 3.8) is 0 Å². The van der Waals surface area contributed by atoms with Gasteiger partial charge in [0.1, 0.15) is 17.3 Å². The van der Waals surface area contributed by atoms with E-state index in [0.29, 0.717) is 22.3 Å². The van der Waals surface area contributed by atoms with Gasteiger partial charge in [-0.05, 0) is 62.2 Å². The molecule has 0 unspecified atom stereocenters. The smallest absolute Gasteiger partial charge is 0.338 e. The van der Waals surface area contributed by atoms with Crippen molar-refractivity contribution in [1.29, 1.82) is 0 Å². The fraction of sp³-hybridized carbons (Fsp3) is 0.185. The molecule has 1 fully saturated rings. The van der Waals surface area contributed by atoms with Crippen LogP contribution in [0.15, 0.2) is 60.7 Å². The zero-order valence-corrected chi connectivity index (χ0v) is 21.1. The highest BCUT2D eigenvalue weighted by molar-refractivity contribution is 7.22. The predicted molar refractivity (Wildman–Crippen MR) is 142 cm³/mol. The highest BCUT2D eigenvalue weighted by atomic mass is 32.1. The summed E-state index contributed by atoms with van der Waals surface area (Å²) in [4.78, 5) is 40.9. The number of amides is 3. The molecule has 4 aromatic rings. The Morgan fingerprint density at radius 3 is 2.58 bits per heavy atom. The van der Waals surface area contributed by atoms with Crippen molar-refractivity contribution in [2.75, 3.05) is 22.6 Å². The average molecular weight is 535 g/mol. The number of nitrogens with one attached hydrogen (secondary N) is 3. The molecule has 3 aromatic carbocycles. The minimum atomic E-state index is -0.700. The Balaban J connectivity index is 1.25. The van der Waals surface area contributed by atoms with Gasteiger partial charge in [0.05, 0.1) is 28.1 Å². The van der Waals surface area contributed by atoms with E-state index in [9.17, 15) is 18.8 Å². The first-order valence-corrected chi connectivity index (χ1v) is 12.7. The third kappa shape index (κ3) is 6.06. The van der Waals surface area contributed by atoms with Crippen LogP contribution in [0.1, 0.15) is 30.1 Å². The topological polar surface area (TPSA) is 119 Å². The summed E-state index contributed by atoms with van der Waals surface area (Å²) in [7, 11) is 0. The molecule has 1 aliphatic rings. The van der Waals surface area contributed by atoms with Crippen LogP contribution in [0.5, 0.6) is 11.5 Å². The molecule has 0 bridgehead atoms. The van der Waals surface area contributed by atoms with Crippen LogP contribution < -0.4 is 20.7 Å². The van der Waals surface area contributed by atoms with Crippen LogP contribution in [-0.2, 0) is 9.53 Å². The van der Waals surface area contributed by atoms with E-state index in [1.807, 2.05) is 0 Å². The molecule has 0 saturated heterocycles. The fourth-order valence-corrected chi connectivity index (χ4v) is 4.49. The van der Waals surface area contributed by atoms with Crippen LogP contribution in [0.4, 0.5) is 25.7 Å². The van der Waals surface area contributed by atoms with E-state index in [1.165, 1.54) is 35.6 Å². The maximum Gasteiger partial charge on any atom is 0.338 e. The number of hydrogen-bond donors (Lipinski definition) is 3. The SMILES string of the molecule is CCOC(=O)c1cccc(NC(=O)Nc2cc(Oc3ccc4nc(NC(=O)C5CC5)sc4c3)ccc2F)c1. The fourth-order valence-electron chi connectivity index (χ4n) is 3.60. The molecule has 0 radical (unpaired) electrons. The van der Waals surface area contributed by atoms with Crippen molar-refractivity contribution in [3.05, 3.63) is 72.0 Å². The zero-order valence-electron chi connectivity index (χ0n) is 20.2. The number of fused-ring (bicyclic) bond motifs is 1. The van der Waals surface area contributed by atoms with Gasteiger partial charge in [0.25, 0.3) is 0 Å².